The molecule has 4 nitrogen and oxygen atoms in total. The second-order valence-corrected chi connectivity index (χ2v) is 6.33. The minimum absolute atomic E-state index is 0.449. The number of para-hydroxylation sites is 2. The van der Waals surface area contributed by atoms with Crippen molar-refractivity contribution in [3.05, 3.63) is 60.2 Å². The van der Waals surface area contributed by atoms with E-state index in [4.69, 9.17) is 4.74 Å². The van der Waals surface area contributed by atoms with E-state index < -0.39 is 11.7 Å². The SMILES string of the molecule is CC(C)(C)OC(=O)Nc1ccccc1NCCc1ccccc1. The Morgan fingerprint density at radius 1 is 0.957 bits per heavy atom. The zero-order chi connectivity index (χ0) is 16.7. The van der Waals surface area contributed by atoms with Crippen LogP contribution in [0, 0.1) is 0 Å². The highest BCUT2D eigenvalue weighted by Gasteiger charge is 2.16. The molecule has 0 saturated heterocycles. The van der Waals surface area contributed by atoms with Crippen molar-refractivity contribution in [2.24, 2.45) is 0 Å². The van der Waals surface area contributed by atoms with Gasteiger partial charge >= 0.3 is 6.09 Å². The van der Waals surface area contributed by atoms with Gasteiger partial charge in [-0.1, -0.05) is 42.5 Å². The van der Waals surface area contributed by atoms with Crippen molar-refractivity contribution in [3.8, 4) is 0 Å². The Bertz CT molecular complexity index is 633. The zero-order valence-electron chi connectivity index (χ0n) is 13.9. The maximum Gasteiger partial charge on any atom is 0.412 e. The van der Waals surface area contributed by atoms with Gasteiger partial charge in [-0.25, -0.2) is 4.79 Å². The van der Waals surface area contributed by atoms with Crippen LogP contribution >= 0.6 is 0 Å². The molecule has 1 amide bonds. The Hall–Kier alpha value is -2.49. The van der Waals surface area contributed by atoms with E-state index in [1.165, 1.54) is 5.56 Å². The van der Waals surface area contributed by atoms with Crippen molar-refractivity contribution in [2.75, 3.05) is 17.2 Å². The average Bonchev–Trinajstić information content (AvgIpc) is 2.48. The maximum absolute atomic E-state index is 11.9. The molecule has 2 aromatic rings. The lowest BCUT2D eigenvalue weighted by Crippen LogP contribution is -2.27. The molecule has 0 fully saturated rings. The molecule has 0 heterocycles. The lowest BCUT2D eigenvalue weighted by molar-refractivity contribution is 0.0636. The molecule has 0 atom stereocenters. The first kappa shape index (κ1) is 16.9. The van der Waals surface area contributed by atoms with Gasteiger partial charge in [-0.3, -0.25) is 5.32 Å². The summed E-state index contributed by atoms with van der Waals surface area (Å²) in [4.78, 5) is 11.9. The number of carbonyl (C=O) groups excluding carboxylic acids is 1. The highest BCUT2D eigenvalue weighted by molar-refractivity contribution is 5.89. The number of hydrogen-bond donors (Lipinski definition) is 2. The molecular formula is C19H24N2O2. The molecule has 23 heavy (non-hydrogen) atoms. The molecule has 122 valence electrons. The van der Waals surface area contributed by atoms with E-state index in [0.717, 1.165) is 24.3 Å². The summed E-state index contributed by atoms with van der Waals surface area (Å²) in [5.74, 6) is 0. The van der Waals surface area contributed by atoms with E-state index in [-0.39, 0.29) is 0 Å². The van der Waals surface area contributed by atoms with Crippen LogP contribution in [0.4, 0.5) is 16.2 Å². The molecule has 0 aliphatic carbocycles. The van der Waals surface area contributed by atoms with Gasteiger partial charge in [0.2, 0.25) is 0 Å². The van der Waals surface area contributed by atoms with Gasteiger partial charge in [0.05, 0.1) is 11.4 Å². The van der Waals surface area contributed by atoms with Crippen LogP contribution < -0.4 is 10.6 Å². The molecule has 4 heteroatoms. The quantitative estimate of drug-likeness (QED) is 0.842. The van der Waals surface area contributed by atoms with Crippen LogP contribution in [-0.4, -0.2) is 18.2 Å². The summed E-state index contributed by atoms with van der Waals surface area (Å²) in [6, 6.07) is 17.9. The molecule has 0 aliphatic rings. The molecule has 0 spiro atoms. The van der Waals surface area contributed by atoms with E-state index in [9.17, 15) is 4.79 Å². The van der Waals surface area contributed by atoms with Crippen molar-refractivity contribution in [2.45, 2.75) is 32.8 Å². The molecular weight excluding hydrogens is 288 g/mol. The number of ether oxygens (including phenoxy) is 1. The molecule has 0 bridgehead atoms. The summed E-state index contributed by atoms with van der Waals surface area (Å²) >= 11 is 0. The van der Waals surface area contributed by atoms with Crippen molar-refractivity contribution in [3.63, 3.8) is 0 Å². The van der Waals surface area contributed by atoms with Crippen LogP contribution in [0.25, 0.3) is 0 Å². The number of hydrogen-bond acceptors (Lipinski definition) is 3. The van der Waals surface area contributed by atoms with Crippen LogP contribution in [0.2, 0.25) is 0 Å². The topological polar surface area (TPSA) is 50.4 Å². The predicted octanol–water partition coefficient (Wildman–Crippen LogP) is 4.69. The summed E-state index contributed by atoms with van der Waals surface area (Å²) < 4.78 is 5.29. The summed E-state index contributed by atoms with van der Waals surface area (Å²) in [5.41, 5.74) is 2.36. The van der Waals surface area contributed by atoms with E-state index >= 15 is 0 Å². The Kier molecular flexibility index (Phi) is 5.63. The third kappa shape index (κ3) is 6.02. The standard InChI is InChI=1S/C19H24N2O2/c1-19(2,3)23-18(22)21-17-12-8-7-11-16(17)20-14-13-15-9-5-4-6-10-15/h4-12,20H,13-14H2,1-3H3,(H,21,22). The number of anilines is 2. The number of nitrogens with one attached hydrogen (secondary N) is 2. The Morgan fingerprint density at radius 2 is 1.57 bits per heavy atom. The first-order valence-electron chi connectivity index (χ1n) is 7.81. The summed E-state index contributed by atoms with van der Waals surface area (Å²) in [5, 5.41) is 6.15. The average molecular weight is 312 g/mol. The first-order valence-corrected chi connectivity index (χ1v) is 7.81. The van der Waals surface area contributed by atoms with Gasteiger partial charge in [0.1, 0.15) is 5.60 Å². The van der Waals surface area contributed by atoms with Crippen LogP contribution in [0.3, 0.4) is 0 Å². The summed E-state index contributed by atoms with van der Waals surface area (Å²) in [7, 11) is 0. The van der Waals surface area contributed by atoms with Crippen molar-refractivity contribution in [1.29, 1.82) is 0 Å². The fourth-order valence-electron chi connectivity index (χ4n) is 2.15. The van der Waals surface area contributed by atoms with E-state index in [1.807, 2.05) is 63.2 Å². The second-order valence-electron chi connectivity index (χ2n) is 6.33. The zero-order valence-corrected chi connectivity index (χ0v) is 13.9. The Morgan fingerprint density at radius 3 is 2.22 bits per heavy atom. The predicted molar refractivity (Wildman–Crippen MR) is 94.9 cm³/mol. The maximum atomic E-state index is 11.9. The number of carbonyl (C=O) groups is 1. The van der Waals surface area contributed by atoms with Crippen molar-refractivity contribution >= 4 is 17.5 Å². The summed E-state index contributed by atoms with van der Waals surface area (Å²) in [6.45, 7) is 6.32. The lowest BCUT2D eigenvalue weighted by atomic mass is 10.1. The summed E-state index contributed by atoms with van der Waals surface area (Å²) in [6.07, 6.45) is 0.469. The van der Waals surface area contributed by atoms with Gasteiger partial charge < -0.3 is 10.1 Å². The fourth-order valence-corrected chi connectivity index (χ4v) is 2.15. The second kappa shape index (κ2) is 7.68. The Labute approximate surface area is 137 Å². The van der Waals surface area contributed by atoms with Crippen LogP contribution in [0.15, 0.2) is 54.6 Å². The van der Waals surface area contributed by atoms with E-state index in [0.29, 0.717) is 0 Å². The molecule has 0 aliphatic heterocycles. The normalized spacial score (nSPS) is 10.9. The molecule has 0 radical (unpaired) electrons. The monoisotopic (exact) mass is 312 g/mol. The largest absolute Gasteiger partial charge is 0.444 e. The number of rotatable bonds is 5. The van der Waals surface area contributed by atoms with Gasteiger partial charge in [0, 0.05) is 6.54 Å². The van der Waals surface area contributed by atoms with E-state index in [2.05, 4.69) is 22.8 Å². The molecule has 0 saturated carbocycles. The van der Waals surface area contributed by atoms with Gasteiger partial charge in [-0.15, -0.1) is 0 Å². The smallest absolute Gasteiger partial charge is 0.412 e. The van der Waals surface area contributed by atoms with Crippen molar-refractivity contribution in [1.82, 2.24) is 0 Å². The van der Waals surface area contributed by atoms with Gasteiger partial charge in [0.15, 0.2) is 0 Å². The minimum Gasteiger partial charge on any atom is -0.444 e. The third-order valence-electron chi connectivity index (χ3n) is 3.13. The third-order valence-corrected chi connectivity index (χ3v) is 3.13. The van der Waals surface area contributed by atoms with Gasteiger partial charge in [-0.05, 0) is 44.9 Å². The van der Waals surface area contributed by atoms with Gasteiger partial charge in [-0.2, -0.15) is 0 Å². The van der Waals surface area contributed by atoms with Crippen LogP contribution in [-0.2, 0) is 11.2 Å². The first-order chi connectivity index (χ1) is 10.9. The molecule has 2 rings (SSSR count). The van der Waals surface area contributed by atoms with Crippen molar-refractivity contribution < 1.29 is 9.53 Å². The van der Waals surface area contributed by atoms with E-state index in [1.54, 1.807) is 0 Å². The molecule has 0 aromatic heterocycles. The number of benzene rings is 2. The molecule has 2 N–H and O–H groups in total. The fraction of sp³-hybridized carbons (Fsp3) is 0.316. The molecule has 2 aromatic carbocycles. The van der Waals surface area contributed by atoms with Crippen LogP contribution in [0.1, 0.15) is 26.3 Å². The lowest BCUT2D eigenvalue weighted by Gasteiger charge is -2.20. The molecule has 0 unspecified atom stereocenters. The highest BCUT2D eigenvalue weighted by atomic mass is 16.6. The highest BCUT2D eigenvalue weighted by Crippen LogP contribution is 2.22. The van der Waals surface area contributed by atoms with Gasteiger partial charge in [0.25, 0.3) is 0 Å². The number of amides is 1. The van der Waals surface area contributed by atoms with Crippen LogP contribution in [0.5, 0.6) is 0 Å². The Balaban J connectivity index is 1.93. The minimum atomic E-state index is -0.514.